The van der Waals surface area contributed by atoms with Gasteiger partial charge in [0.15, 0.2) is 5.78 Å². The third-order valence-electron chi connectivity index (χ3n) is 3.87. The smallest absolute Gasteiger partial charge is 0.303 e. The monoisotopic (exact) mass is 316 g/mol. The Hall–Kier alpha value is -1.90. The maximum absolute atomic E-state index is 11.9. The molecule has 0 spiro atoms. The minimum absolute atomic E-state index is 0.104. The van der Waals surface area contributed by atoms with Crippen molar-refractivity contribution >= 4 is 11.8 Å². The van der Waals surface area contributed by atoms with Crippen molar-refractivity contribution in [1.82, 2.24) is 0 Å². The van der Waals surface area contributed by atoms with Crippen molar-refractivity contribution in [2.75, 3.05) is 0 Å². The molecular formula is C20H28O3. The van der Waals surface area contributed by atoms with E-state index >= 15 is 0 Å². The Kier molecular flexibility index (Phi) is 9.69. The van der Waals surface area contributed by atoms with E-state index in [1.807, 2.05) is 30.4 Å². The van der Waals surface area contributed by atoms with Crippen LogP contribution in [0.3, 0.4) is 0 Å². The highest BCUT2D eigenvalue weighted by atomic mass is 16.4. The van der Waals surface area contributed by atoms with Crippen LogP contribution in [0.15, 0.2) is 48.1 Å². The van der Waals surface area contributed by atoms with Crippen LogP contribution in [0.1, 0.15) is 58.3 Å². The predicted molar refractivity (Wildman–Crippen MR) is 94.2 cm³/mol. The summed E-state index contributed by atoms with van der Waals surface area (Å²) in [6.45, 7) is 2.19. The number of carbonyl (C=O) groups is 2. The van der Waals surface area contributed by atoms with Crippen LogP contribution in [-0.2, 0) is 9.59 Å². The lowest BCUT2D eigenvalue weighted by Crippen LogP contribution is -2.01. The van der Waals surface area contributed by atoms with Gasteiger partial charge in [-0.2, -0.15) is 0 Å². The number of hydrogen-bond acceptors (Lipinski definition) is 2. The summed E-state index contributed by atoms with van der Waals surface area (Å²) in [4.78, 5) is 22.3. The highest BCUT2D eigenvalue weighted by Gasteiger charge is 2.20. The largest absolute Gasteiger partial charge is 0.481 e. The van der Waals surface area contributed by atoms with Gasteiger partial charge in [0, 0.05) is 17.9 Å². The number of carbonyl (C=O) groups excluding carboxylic acids is 1. The zero-order chi connectivity index (χ0) is 16.9. The van der Waals surface area contributed by atoms with Gasteiger partial charge in [0.2, 0.25) is 0 Å². The second-order valence-corrected chi connectivity index (χ2v) is 5.87. The van der Waals surface area contributed by atoms with Crippen molar-refractivity contribution < 1.29 is 14.7 Å². The number of allylic oxidation sites excluding steroid dienone is 8. The molecule has 0 saturated carbocycles. The summed E-state index contributed by atoms with van der Waals surface area (Å²) in [5, 5.41) is 8.57. The van der Waals surface area contributed by atoms with Crippen molar-refractivity contribution in [3.05, 3.63) is 48.1 Å². The fourth-order valence-electron chi connectivity index (χ4n) is 2.51. The van der Waals surface area contributed by atoms with Crippen molar-refractivity contribution in [3.63, 3.8) is 0 Å². The summed E-state index contributed by atoms with van der Waals surface area (Å²) in [7, 11) is 0. The number of carboxylic acid groups (broad SMARTS) is 1. The molecule has 0 unspecified atom stereocenters. The number of aliphatic carboxylic acids is 1. The molecule has 0 aliphatic heterocycles. The minimum atomic E-state index is -0.751. The van der Waals surface area contributed by atoms with Gasteiger partial charge < -0.3 is 5.11 Å². The van der Waals surface area contributed by atoms with Gasteiger partial charge in [0.25, 0.3) is 0 Å². The maximum atomic E-state index is 11.9. The van der Waals surface area contributed by atoms with Crippen molar-refractivity contribution in [1.29, 1.82) is 0 Å². The van der Waals surface area contributed by atoms with E-state index in [2.05, 4.69) is 13.0 Å². The van der Waals surface area contributed by atoms with Crippen LogP contribution in [0.25, 0.3) is 0 Å². The van der Waals surface area contributed by atoms with Gasteiger partial charge in [-0.05, 0) is 38.2 Å². The van der Waals surface area contributed by atoms with E-state index in [0.29, 0.717) is 6.42 Å². The van der Waals surface area contributed by atoms with E-state index in [9.17, 15) is 9.59 Å². The average Bonchev–Trinajstić information content (AvgIpc) is 2.86. The van der Waals surface area contributed by atoms with Gasteiger partial charge in [0.1, 0.15) is 0 Å². The lowest BCUT2D eigenvalue weighted by Gasteiger charge is -2.06. The Labute approximate surface area is 139 Å². The molecule has 3 heteroatoms. The Bertz CT molecular complexity index is 495. The topological polar surface area (TPSA) is 54.4 Å². The summed E-state index contributed by atoms with van der Waals surface area (Å²) < 4.78 is 0. The highest BCUT2D eigenvalue weighted by molar-refractivity contribution is 6.07. The number of unbranched alkanes of at least 4 members (excludes halogenated alkanes) is 4. The fraction of sp³-hybridized carbons (Fsp3) is 0.500. The molecule has 0 amide bonds. The molecule has 0 aromatic heterocycles. The van der Waals surface area contributed by atoms with Crippen LogP contribution in [0.5, 0.6) is 0 Å². The van der Waals surface area contributed by atoms with Crippen LogP contribution in [0.2, 0.25) is 0 Å². The molecular weight excluding hydrogens is 288 g/mol. The molecule has 126 valence electrons. The van der Waals surface area contributed by atoms with Gasteiger partial charge in [-0.3, -0.25) is 9.59 Å². The third-order valence-corrected chi connectivity index (χ3v) is 3.87. The Morgan fingerprint density at radius 3 is 2.70 bits per heavy atom. The SMILES string of the molecule is CCCCC/C=C/C=C1/C(=O)C=C[C@@H]1C/C=C/CCCC(=O)O. The third kappa shape index (κ3) is 8.34. The summed E-state index contributed by atoms with van der Waals surface area (Å²) in [5.74, 6) is -0.496. The zero-order valence-electron chi connectivity index (χ0n) is 14.0. The number of rotatable bonds is 11. The molecule has 0 fully saturated rings. The molecule has 1 atom stereocenters. The molecule has 1 N–H and O–H groups in total. The van der Waals surface area contributed by atoms with Crippen LogP contribution in [0.4, 0.5) is 0 Å². The first kappa shape index (κ1) is 19.1. The normalized spacial score (nSPS) is 19.6. The van der Waals surface area contributed by atoms with E-state index in [0.717, 1.165) is 24.8 Å². The first-order valence-electron chi connectivity index (χ1n) is 8.61. The zero-order valence-corrected chi connectivity index (χ0v) is 14.0. The first-order valence-corrected chi connectivity index (χ1v) is 8.61. The van der Waals surface area contributed by atoms with Crippen molar-refractivity contribution in [3.8, 4) is 0 Å². The maximum Gasteiger partial charge on any atom is 0.303 e. The van der Waals surface area contributed by atoms with E-state index < -0.39 is 5.97 Å². The summed E-state index contributed by atoms with van der Waals surface area (Å²) in [5.41, 5.74) is 0.854. The van der Waals surface area contributed by atoms with Crippen LogP contribution < -0.4 is 0 Å². The van der Waals surface area contributed by atoms with E-state index in [-0.39, 0.29) is 18.1 Å². The summed E-state index contributed by atoms with van der Waals surface area (Å²) >= 11 is 0. The van der Waals surface area contributed by atoms with Crippen LogP contribution >= 0.6 is 0 Å². The van der Waals surface area contributed by atoms with Crippen molar-refractivity contribution in [2.24, 2.45) is 5.92 Å². The van der Waals surface area contributed by atoms with Crippen LogP contribution in [0, 0.1) is 5.92 Å². The van der Waals surface area contributed by atoms with Gasteiger partial charge in [-0.15, -0.1) is 0 Å². The Morgan fingerprint density at radius 1 is 1.17 bits per heavy atom. The molecule has 0 heterocycles. The van der Waals surface area contributed by atoms with Crippen LogP contribution in [-0.4, -0.2) is 16.9 Å². The molecule has 0 bridgehead atoms. The number of ketones is 1. The standard InChI is InChI=1S/C20H28O3/c1-2-3-4-5-6-10-13-18-17(15-16-19(18)21)12-9-7-8-11-14-20(22)23/h6-7,9-10,13,15-17H,2-5,8,11-12,14H2,1H3,(H,22,23)/b9-7+,10-6+,18-13+/t17-/m0/s1. The molecule has 1 rings (SSSR count). The molecule has 3 nitrogen and oxygen atoms in total. The molecule has 0 aromatic carbocycles. The van der Waals surface area contributed by atoms with E-state index in [4.69, 9.17) is 5.11 Å². The average molecular weight is 316 g/mol. The first-order chi connectivity index (χ1) is 11.1. The Balaban J connectivity index is 2.38. The lowest BCUT2D eigenvalue weighted by atomic mass is 9.97. The lowest BCUT2D eigenvalue weighted by molar-refractivity contribution is -0.137. The predicted octanol–water partition coefficient (Wildman–Crippen LogP) is 5.01. The fourth-order valence-corrected chi connectivity index (χ4v) is 2.51. The second-order valence-electron chi connectivity index (χ2n) is 5.87. The van der Waals surface area contributed by atoms with E-state index in [1.165, 1.54) is 19.3 Å². The van der Waals surface area contributed by atoms with Gasteiger partial charge in [-0.1, -0.05) is 56.2 Å². The number of carboxylic acids is 1. The molecule has 0 saturated heterocycles. The van der Waals surface area contributed by atoms with Crippen molar-refractivity contribution in [2.45, 2.75) is 58.3 Å². The van der Waals surface area contributed by atoms with Gasteiger partial charge in [0.05, 0.1) is 0 Å². The molecule has 1 aliphatic carbocycles. The van der Waals surface area contributed by atoms with E-state index in [1.54, 1.807) is 6.08 Å². The van der Waals surface area contributed by atoms with Gasteiger partial charge >= 0.3 is 5.97 Å². The molecule has 0 radical (unpaired) electrons. The minimum Gasteiger partial charge on any atom is -0.481 e. The molecule has 1 aliphatic rings. The molecule has 0 aromatic rings. The quantitative estimate of drug-likeness (QED) is 0.331. The second kappa shape index (κ2) is 11.6. The summed E-state index contributed by atoms with van der Waals surface area (Å²) in [6.07, 6.45) is 20.9. The molecule has 23 heavy (non-hydrogen) atoms. The number of hydrogen-bond donors (Lipinski definition) is 1. The highest BCUT2D eigenvalue weighted by Crippen LogP contribution is 2.25. The Morgan fingerprint density at radius 2 is 1.96 bits per heavy atom. The van der Waals surface area contributed by atoms with Gasteiger partial charge in [-0.25, -0.2) is 0 Å². The summed E-state index contributed by atoms with van der Waals surface area (Å²) in [6, 6.07) is 0.